The molecule has 120 valence electrons. The zero-order chi connectivity index (χ0) is 15.3. The minimum atomic E-state index is -2.04. The molecule has 0 heterocycles. The van der Waals surface area contributed by atoms with Crippen LogP contribution in [0.15, 0.2) is 9.67 Å². The van der Waals surface area contributed by atoms with E-state index in [2.05, 4.69) is 40.7 Å². The summed E-state index contributed by atoms with van der Waals surface area (Å²) in [7, 11) is 0. The van der Waals surface area contributed by atoms with Gasteiger partial charge in [0.1, 0.15) is 0 Å². The van der Waals surface area contributed by atoms with Crippen molar-refractivity contribution in [3.05, 3.63) is 9.67 Å². The average molecular weight is 387 g/mol. The van der Waals surface area contributed by atoms with Crippen LogP contribution in [-0.4, -0.2) is 18.4 Å². The van der Waals surface area contributed by atoms with E-state index in [1.54, 1.807) is 13.3 Å². The van der Waals surface area contributed by atoms with Gasteiger partial charge in [0.2, 0.25) is 0 Å². The van der Waals surface area contributed by atoms with Crippen molar-refractivity contribution in [2.75, 3.05) is 0 Å². The van der Waals surface area contributed by atoms with Gasteiger partial charge in [-0.1, -0.05) is 0 Å². The first-order valence-corrected chi connectivity index (χ1v) is 16.9. The summed E-state index contributed by atoms with van der Waals surface area (Å²) in [5.74, 6) is 0. The number of hydrogen-bond acceptors (Lipinski definition) is 0. The molecule has 0 aromatic rings. The Balaban J connectivity index is 5.21. The predicted octanol–water partition coefficient (Wildman–Crippen LogP) is 7.51. The van der Waals surface area contributed by atoms with Crippen LogP contribution < -0.4 is 0 Å². The molecule has 1 heteroatoms. The Bertz CT molecular complexity index is 220. The van der Waals surface area contributed by atoms with Gasteiger partial charge >= 0.3 is 134 Å². The van der Waals surface area contributed by atoms with Crippen LogP contribution in [0, 0.1) is 0 Å². The first-order chi connectivity index (χ1) is 9.70. The number of unbranched alkanes of at least 4 members (excludes halogenated alkanes) is 3. The topological polar surface area (TPSA) is 0 Å². The normalized spacial score (nSPS) is 12.9. The van der Waals surface area contributed by atoms with Gasteiger partial charge in [-0.2, -0.15) is 0 Å². The first-order valence-electron chi connectivity index (χ1n) is 9.40. The molecule has 0 spiro atoms. The Labute approximate surface area is 133 Å². The van der Waals surface area contributed by atoms with Crippen LogP contribution in [0.2, 0.25) is 13.3 Å². The van der Waals surface area contributed by atoms with Crippen molar-refractivity contribution < 1.29 is 0 Å². The van der Waals surface area contributed by atoms with Gasteiger partial charge in [-0.05, 0) is 0 Å². The second kappa shape index (κ2) is 13.2. The summed E-state index contributed by atoms with van der Waals surface area (Å²) < 4.78 is 6.92. The Morgan fingerprint density at radius 1 is 0.700 bits per heavy atom. The van der Waals surface area contributed by atoms with Gasteiger partial charge in [0, 0.05) is 0 Å². The van der Waals surface area contributed by atoms with Gasteiger partial charge in [0.15, 0.2) is 0 Å². The standard InChI is InChI=1S/C7H13.3C4H9.Sn/c1-3-5-7-6-4-2;3*1-3-4-2;/h5H,3-4,6H2,1-2H3;3*1,3-4H2,2H3;. The monoisotopic (exact) mass is 388 g/mol. The molecular formula is C19H40Sn. The number of allylic oxidation sites excluding steroid dienone is 2. The van der Waals surface area contributed by atoms with Crippen molar-refractivity contribution in [3.63, 3.8) is 0 Å². The average Bonchev–Trinajstić information content (AvgIpc) is 2.47. The summed E-state index contributed by atoms with van der Waals surface area (Å²) in [6.07, 6.45) is 15.4. The summed E-state index contributed by atoms with van der Waals surface area (Å²) in [5.41, 5.74) is 0. The quantitative estimate of drug-likeness (QED) is 0.287. The number of hydrogen-bond donors (Lipinski definition) is 0. The summed E-state index contributed by atoms with van der Waals surface area (Å²) >= 11 is -2.04. The molecule has 0 aromatic carbocycles. The van der Waals surface area contributed by atoms with Crippen LogP contribution in [0.3, 0.4) is 0 Å². The summed E-state index contributed by atoms with van der Waals surface area (Å²) in [6.45, 7) is 11.8. The molecular weight excluding hydrogens is 347 g/mol. The molecule has 0 aliphatic rings. The Morgan fingerprint density at radius 3 is 1.45 bits per heavy atom. The molecule has 0 atom stereocenters. The van der Waals surface area contributed by atoms with Gasteiger partial charge in [0.25, 0.3) is 0 Å². The fourth-order valence-electron chi connectivity index (χ4n) is 3.50. The van der Waals surface area contributed by atoms with E-state index in [1.165, 1.54) is 57.8 Å². The first kappa shape index (κ1) is 20.5. The molecule has 0 saturated carbocycles. The van der Waals surface area contributed by atoms with E-state index < -0.39 is 18.4 Å². The van der Waals surface area contributed by atoms with Crippen LogP contribution in [0.5, 0.6) is 0 Å². The summed E-state index contributed by atoms with van der Waals surface area (Å²) in [5, 5.41) is 0. The summed E-state index contributed by atoms with van der Waals surface area (Å²) in [6, 6.07) is 0. The van der Waals surface area contributed by atoms with E-state index in [0.717, 1.165) is 0 Å². The molecule has 0 nitrogen and oxygen atoms in total. The summed E-state index contributed by atoms with van der Waals surface area (Å²) in [4.78, 5) is 0. The molecule has 0 aliphatic carbocycles. The maximum atomic E-state index is 2.67. The molecule has 0 aromatic heterocycles. The van der Waals surface area contributed by atoms with E-state index in [1.807, 2.05) is 3.59 Å². The van der Waals surface area contributed by atoms with Crippen molar-refractivity contribution in [2.45, 2.75) is 106 Å². The number of rotatable bonds is 13. The van der Waals surface area contributed by atoms with Gasteiger partial charge in [-0.3, -0.25) is 0 Å². The Hall–Kier alpha value is 0.539. The van der Waals surface area contributed by atoms with Crippen molar-refractivity contribution in [2.24, 2.45) is 0 Å². The molecule has 0 bridgehead atoms. The van der Waals surface area contributed by atoms with E-state index in [9.17, 15) is 0 Å². The van der Waals surface area contributed by atoms with Crippen molar-refractivity contribution in [3.8, 4) is 0 Å². The van der Waals surface area contributed by atoms with Crippen molar-refractivity contribution in [1.82, 2.24) is 0 Å². The fourth-order valence-corrected chi connectivity index (χ4v) is 21.3. The zero-order valence-corrected chi connectivity index (χ0v) is 17.9. The molecule has 0 N–H and O–H groups in total. The van der Waals surface area contributed by atoms with Gasteiger partial charge in [-0.15, -0.1) is 0 Å². The second-order valence-electron chi connectivity index (χ2n) is 6.48. The predicted molar refractivity (Wildman–Crippen MR) is 98.2 cm³/mol. The van der Waals surface area contributed by atoms with E-state index in [4.69, 9.17) is 0 Å². The maximum absolute atomic E-state index is 2.67. The molecule has 20 heavy (non-hydrogen) atoms. The van der Waals surface area contributed by atoms with Crippen LogP contribution in [0.25, 0.3) is 0 Å². The third-order valence-electron chi connectivity index (χ3n) is 4.68. The molecule has 0 unspecified atom stereocenters. The van der Waals surface area contributed by atoms with Crippen LogP contribution in [0.4, 0.5) is 0 Å². The molecule has 0 radical (unpaired) electrons. The van der Waals surface area contributed by atoms with Crippen molar-refractivity contribution in [1.29, 1.82) is 0 Å². The molecule has 0 fully saturated rings. The molecule has 0 saturated heterocycles. The van der Waals surface area contributed by atoms with Crippen LogP contribution >= 0.6 is 0 Å². The zero-order valence-electron chi connectivity index (χ0n) is 15.1. The third-order valence-corrected chi connectivity index (χ3v) is 21.1. The van der Waals surface area contributed by atoms with E-state index >= 15 is 0 Å². The molecule has 0 aliphatic heterocycles. The van der Waals surface area contributed by atoms with Gasteiger partial charge in [-0.25, -0.2) is 0 Å². The van der Waals surface area contributed by atoms with Gasteiger partial charge in [0.05, 0.1) is 0 Å². The Morgan fingerprint density at radius 2 is 1.15 bits per heavy atom. The fraction of sp³-hybridized carbons (Fsp3) is 0.895. The second-order valence-corrected chi connectivity index (χ2v) is 19.9. The Kier molecular flexibility index (Phi) is 13.6. The molecule has 0 rings (SSSR count). The van der Waals surface area contributed by atoms with Gasteiger partial charge < -0.3 is 0 Å². The third kappa shape index (κ3) is 7.52. The van der Waals surface area contributed by atoms with E-state index in [-0.39, 0.29) is 0 Å². The van der Waals surface area contributed by atoms with Crippen LogP contribution in [-0.2, 0) is 0 Å². The van der Waals surface area contributed by atoms with Crippen LogP contribution in [0.1, 0.15) is 92.4 Å². The molecule has 0 amide bonds. The minimum absolute atomic E-state index is 1.26. The van der Waals surface area contributed by atoms with Crippen molar-refractivity contribution >= 4 is 18.4 Å². The SMILES string of the molecule is CC/C=[C](\CCC)[Sn]([CH2]CCC)([CH2]CCC)[CH2]CCC. The van der Waals surface area contributed by atoms with E-state index in [0.29, 0.717) is 0 Å².